The number of rotatable bonds is 8. The number of alkyl halides is 3. The van der Waals surface area contributed by atoms with Gasteiger partial charge >= 0.3 is 12.1 Å². The number of aliphatic imine (C=N–C) groups is 1. The molecule has 1 aromatic heterocycles. The molecule has 0 aromatic carbocycles. The van der Waals surface area contributed by atoms with Gasteiger partial charge in [0.25, 0.3) is 0 Å². The molecule has 1 aromatic rings. The molecule has 0 saturated heterocycles. The molecule has 0 radical (unpaired) electrons. The predicted octanol–water partition coefficient (Wildman–Crippen LogP) is 2.83. The lowest BCUT2D eigenvalue weighted by molar-refractivity contribution is -0.143. The Kier molecular flexibility index (Phi) is 11.7. The van der Waals surface area contributed by atoms with Crippen LogP contribution in [0.4, 0.5) is 13.2 Å². The van der Waals surface area contributed by atoms with E-state index in [0.717, 1.165) is 16.7 Å². The summed E-state index contributed by atoms with van der Waals surface area (Å²) < 4.78 is 42.2. The Hall–Kier alpha value is -1.11. The molecule has 0 bridgehead atoms. The fourth-order valence-electron chi connectivity index (χ4n) is 1.74. The van der Waals surface area contributed by atoms with Crippen molar-refractivity contribution in [3.05, 3.63) is 16.1 Å². The number of guanidine groups is 1. The zero-order chi connectivity index (χ0) is 18.0. The van der Waals surface area contributed by atoms with Gasteiger partial charge < -0.3 is 15.4 Å². The molecule has 1 rings (SSSR count). The fraction of sp³-hybridized carbons (Fsp3) is 0.643. The van der Waals surface area contributed by atoms with Crippen molar-refractivity contribution in [3.63, 3.8) is 0 Å². The third-order valence-electron chi connectivity index (χ3n) is 2.85. The van der Waals surface area contributed by atoms with E-state index in [1.54, 1.807) is 14.0 Å². The second-order valence-electron chi connectivity index (χ2n) is 4.71. The highest BCUT2D eigenvalue weighted by atomic mass is 127. The van der Waals surface area contributed by atoms with Crippen LogP contribution in [0.15, 0.2) is 10.4 Å². The van der Waals surface area contributed by atoms with E-state index in [0.29, 0.717) is 49.9 Å². The zero-order valence-corrected chi connectivity index (χ0v) is 17.1. The van der Waals surface area contributed by atoms with Gasteiger partial charge in [-0.1, -0.05) is 0 Å². The lowest BCUT2D eigenvalue weighted by atomic mass is 10.3. The largest absolute Gasteiger partial charge is 0.466 e. The normalized spacial score (nSPS) is 11.6. The van der Waals surface area contributed by atoms with Crippen LogP contribution in [0, 0.1) is 0 Å². The molecule has 1 heterocycles. The molecular weight excluding hydrogens is 472 g/mol. The molecule has 144 valence electrons. The Labute approximate surface area is 165 Å². The van der Waals surface area contributed by atoms with E-state index in [9.17, 15) is 18.0 Å². The first-order valence-electron chi connectivity index (χ1n) is 7.48. The quantitative estimate of drug-likeness (QED) is 0.191. The molecule has 25 heavy (non-hydrogen) atoms. The second-order valence-corrected chi connectivity index (χ2v) is 5.65. The molecule has 0 unspecified atom stereocenters. The van der Waals surface area contributed by atoms with Crippen molar-refractivity contribution in [3.8, 4) is 0 Å². The van der Waals surface area contributed by atoms with Crippen LogP contribution in [0.2, 0.25) is 0 Å². The number of carbonyl (C=O) groups is 1. The summed E-state index contributed by atoms with van der Waals surface area (Å²) in [4.78, 5) is 18.7. The van der Waals surface area contributed by atoms with Crippen LogP contribution in [-0.4, -0.2) is 43.7 Å². The summed E-state index contributed by atoms with van der Waals surface area (Å²) in [6, 6.07) is 0. The minimum absolute atomic E-state index is 0. The van der Waals surface area contributed by atoms with Gasteiger partial charge in [0.05, 0.1) is 11.6 Å². The Bertz CT molecular complexity index is 552. The molecular formula is C14H22F3IN4O2S. The number of halogens is 4. The van der Waals surface area contributed by atoms with Crippen molar-refractivity contribution in [1.29, 1.82) is 0 Å². The van der Waals surface area contributed by atoms with Crippen molar-refractivity contribution < 1.29 is 22.7 Å². The maximum absolute atomic E-state index is 12.5. The van der Waals surface area contributed by atoms with Gasteiger partial charge in [0.2, 0.25) is 0 Å². The van der Waals surface area contributed by atoms with Gasteiger partial charge in [-0.3, -0.25) is 9.79 Å². The first-order chi connectivity index (χ1) is 11.4. The number of aromatic nitrogens is 1. The molecule has 6 nitrogen and oxygen atoms in total. The summed E-state index contributed by atoms with van der Waals surface area (Å²) in [5.41, 5.74) is -0.857. The van der Waals surface area contributed by atoms with E-state index in [-0.39, 0.29) is 29.9 Å². The highest BCUT2D eigenvalue weighted by Crippen LogP contribution is 2.29. The molecule has 11 heteroatoms. The summed E-state index contributed by atoms with van der Waals surface area (Å²) in [5.74, 6) is 0.276. The summed E-state index contributed by atoms with van der Waals surface area (Å²) in [6.07, 6.45) is -3.12. The monoisotopic (exact) mass is 494 g/mol. The SMILES string of the molecule is CCOC(=O)CCCNC(=NC)NCCc1nc(C(F)(F)F)cs1.I. The van der Waals surface area contributed by atoms with Crippen molar-refractivity contribution in [2.75, 3.05) is 26.7 Å². The first kappa shape index (κ1) is 23.9. The van der Waals surface area contributed by atoms with Crippen molar-refractivity contribution >= 4 is 47.2 Å². The minimum Gasteiger partial charge on any atom is -0.466 e. The maximum atomic E-state index is 12.5. The molecule has 0 aliphatic carbocycles. The third-order valence-corrected chi connectivity index (χ3v) is 3.76. The van der Waals surface area contributed by atoms with E-state index in [2.05, 4.69) is 20.6 Å². The molecule has 0 atom stereocenters. The maximum Gasteiger partial charge on any atom is 0.434 e. The number of hydrogen-bond donors (Lipinski definition) is 2. The Balaban J connectivity index is 0.00000576. The molecule has 0 saturated carbocycles. The second kappa shape index (κ2) is 12.3. The summed E-state index contributed by atoms with van der Waals surface area (Å²) in [6.45, 7) is 3.06. The Morgan fingerprint density at radius 3 is 2.60 bits per heavy atom. The number of esters is 1. The highest BCUT2D eigenvalue weighted by molar-refractivity contribution is 14.0. The van der Waals surface area contributed by atoms with Crippen LogP contribution in [0.5, 0.6) is 0 Å². The van der Waals surface area contributed by atoms with Crippen LogP contribution in [0.1, 0.15) is 30.5 Å². The molecule has 0 aliphatic heterocycles. The van der Waals surface area contributed by atoms with Gasteiger partial charge in [-0.05, 0) is 13.3 Å². The van der Waals surface area contributed by atoms with Crippen LogP contribution >= 0.6 is 35.3 Å². The summed E-state index contributed by atoms with van der Waals surface area (Å²) in [5, 5.41) is 7.43. The molecule has 2 N–H and O–H groups in total. The summed E-state index contributed by atoms with van der Waals surface area (Å²) >= 11 is 0.982. The number of thiazole rings is 1. The number of nitrogens with zero attached hydrogens (tertiary/aromatic N) is 2. The predicted molar refractivity (Wildman–Crippen MR) is 101 cm³/mol. The lowest BCUT2D eigenvalue weighted by Gasteiger charge is -2.11. The Morgan fingerprint density at radius 1 is 1.36 bits per heavy atom. The van der Waals surface area contributed by atoms with E-state index >= 15 is 0 Å². The molecule has 0 fully saturated rings. The van der Waals surface area contributed by atoms with Gasteiger partial charge in [-0.25, -0.2) is 4.98 Å². The number of carbonyl (C=O) groups excluding carboxylic acids is 1. The van der Waals surface area contributed by atoms with Gasteiger partial charge in [0.15, 0.2) is 11.7 Å². The van der Waals surface area contributed by atoms with Crippen LogP contribution in [-0.2, 0) is 22.1 Å². The topological polar surface area (TPSA) is 75.6 Å². The standard InChI is InChI=1S/C14H21F3N4O2S.HI/c1-3-23-12(22)5-4-7-19-13(18-2)20-8-6-11-21-10(9-24-11)14(15,16)17;/h9H,3-8H2,1-2H3,(H2,18,19,20);1H. The number of ether oxygens (including phenoxy) is 1. The number of nitrogens with one attached hydrogen (secondary N) is 2. The van der Waals surface area contributed by atoms with E-state index in [4.69, 9.17) is 4.74 Å². The molecule has 0 amide bonds. The number of hydrogen-bond acceptors (Lipinski definition) is 5. The average Bonchev–Trinajstić information content (AvgIpc) is 2.99. The van der Waals surface area contributed by atoms with Crippen LogP contribution in [0.25, 0.3) is 0 Å². The van der Waals surface area contributed by atoms with Gasteiger partial charge in [-0.15, -0.1) is 35.3 Å². The lowest BCUT2D eigenvalue weighted by Crippen LogP contribution is -2.38. The van der Waals surface area contributed by atoms with Crippen LogP contribution in [0.3, 0.4) is 0 Å². The van der Waals surface area contributed by atoms with Crippen molar-refractivity contribution in [1.82, 2.24) is 15.6 Å². The first-order valence-corrected chi connectivity index (χ1v) is 8.36. The third kappa shape index (κ3) is 9.82. The van der Waals surface area contributed by atoms with E-state index in [1.165, 1.54) is 0 Å². The minimum atomic E-state index is -4.40. The van der Waals surface area contributed by atoms with Crippen molar-refractivity contribution in [2.45, 2.75) is 32.4 Å². The van der Waals surface area contributed by atoms with Gasteiger partial charge in [-0.2, -0.15) is 13.2 Å². The zero-order valence-electron chi connectivity index (χ0n) is 14.0. The van der Waals surface area contributed by atoms with E-state index < -0.39 is 11.9 Å². The fourth-order valence-corrected chi connectivity index (χ4v) is 2.54. The average molecular weight is 494 g/mol. The van der Waals surface area contributed by atoms with Gasteiger partial charge in [0, 0.05) is 38.4 Å². The van der Waals surface area contributed by atoms with Crippen molar-refractivity contribution in [2.24, 2.45) is 4.99 Å². The van der Waals surface area contributed by atoms with E-state index in [1.807, 2.05) is 0 Å². The Morgan fingerprint density at radius 2 is 2.04 bits per heavy atom. The highest BCUT2D eigenvalue weighted by Gasteiger charge is 2.33. The molecule has 0 aliphatic rings. The summed E-state index contributed by atoms with van der Waals surface area (Å²) in [7, 11) is 1.59. The van der Waals surface area contributed by atoms with Crippen LogP contribution < -0.4 is 10.6 Å². The molecule has 0 spiro atoms. The van der Waals surface area contributed by atoms with Gasteiger partial charge in [0.1, 0.15) is 0 Å². The smallest absolute Gasteiger partial charge is 0.434 e.